The number of nitrogens with zero attached hydrogens (tertiary/aromatic N) is 2. The first-order chi connectivity index (χ1) is 25.8. The minimum Gasteiger partial charge on any atom is -0.501 e. The molecule has 3 aromatic heterocycles. The molecule has 0 atom stereocenters. The zero-order valence-corrected chi connectivity index (χ0v) is 34.4. The minimum atomic E-state index is -1.64. The number of furan rings is 1. The van der Waals surface area contributed by atoms with Gasteiger partial charge < -0.3 is 14.4 Å². The molecule has 0 amide bonds. The van der Waals surface area contributed by atoms with Gasteiger partial charge in [0.2, 0.25) is 0 Å². The molecule has 0 saturated heterocycles. The van der Waals surface area contributed by atoms with Gasteiger partial charge in [-0.2, -0.15) is 0 Å². The SMILES string of the molecule is [2H]C(C)(C)c1cc(-c2[c-]cccc2)ncc1[Si](C)(C)C.[2H]c1cc(C([2H])([2H])C(C)(C)C)cc(-c2[c-]ccc3c2oc2cc4c(ccc5ccccc54)cc23)n1.[Ir]. The molecular formula is C47H46IrN2OSi-2. The van der Waals surface area contributed by atoms with Crippen LogP contribution in [0.1, 0.15) is 57.1 Å². The fraction of sp³-hybridized carbons (Fsp3) is 0.234. The maximum absolute atomic E-state index is 8.70. The number of rotatable bonds is 5. The Hall–Kier alpha value is -4.41. The van der Waals surface area contributed by atoms with Crippen LogP contribution in [0.2, 0.25) is 19.6 Å². The van der Waals surface area contributed by atoms with Gasteiger partial charge in [0.15, 0.2) is 0 Å². The van der Waals surface area contributed by atoms with E-state index in [-0.39, 0.29) is 26.3 Å². The molecule has 0 aliphatic heterocycles. The van der Waals surface area contributed by atoms with Gasteiger partial charge in [-0.1, -0.05) is 125 Å². The van der Waals surface area contributed by atoms with Crippen molar-refractivity contribution in [3.63, 3.8) is 0 Å². The Morgan fingerprint density at radius 2 is 1.56 bits per heavy atom. The van der Waals surface area contributed by atoms with Gasteiger partial charge in [-0.05, 0) is 74.0 Å². The van der Waals surface area contributed by atoms with Crippen molar-refractivity contribution >= 4 is 56.7 Å². The first kappa shape index (κ1) is 32.3. The summed E-state index contributed by atoms with van der Waals surface area (Å²) in [5.41, 5.74) is 5.31. The molecule has 0 unspecified atom stereocenters. The van der Waals surface area contributed by atoms with Crippen LogP contribution >= 0.6 is 0 Å². The largest absolute Gasteiger partial charge is 0.501 e. The van der Waals surface area contributed by atoms with Crippen molar-refractivity contribution in [1.82, 2.24) is 9.97 Å². The van der Waals surface area contributed by atoms with E-state index in [2.05, 4.69) is 84.2 Å². The van der Waals surface area contributed by atoms with E-state index in [1.54, 1.807) is 6.07 Å². The monoisotopic (exact) mass is 879 g/mol. The number of fused-ring (bicyclic) bond motifs is 6. The van der Waals surface area contributed by atoms with Crippen molar-refractivity contribution in [1.29, 1.82) is 0 Å². The smallest absolute Gasteiger partial charge is 0.121 e. The van der Waals surface area contributed by atoms with Gasteiger partial charge in [0.25, 0.3) is 0 Å². The zero-order valence-electron chi connectivity index (χ0n) is 35.0. The summed E-state index contributed by atoms with van der Waals surface area (Å²) >= 11 is 0. The maximum atomic E-state index is 8.70. The van der Waals surface area contributed by atoms with Crippen LogP contribution in [0.25, 0.3) is 66.0 Å². The molecule has 5 heteroatoms. The molecule has 0 bridgehead atoms. The Morgan fingerprint density at radius 1 is 0.788 bits per heavy atom. The number of pyridine rings is 2. The Bertz CT molecular complexity index is 2710. The summed E-state index contributed by atoms with van der Waals surface area (Å²) in [6, 6.07) is 40.3. The molecule has 3 heterocycles. The van der Waals surface area contributed by atoms with Crippen molar-refractivity contribution in [2.45, 2.75) is 66.5 Å². The Labute approximate surface area is 328 Å². The molecule has 0 saturated carbocycles. The van der Waals surface area contributed by atoms with Crippen molar-refractivity contribution in [3.8, 4) is 22.5 Å². The summed E-state index contributed by atoms with van der Waals surface area (Å²) in [6.07, 6.45) is 0.360. The summed E-state index contributed by atoms with van der Waals surface area (Å²) in [4.78, 5) is 9.03. The molecule has 0 N–H and O–H groups in total. The maximum Gasteiger partial charge on any atom is 0.121 e. The Kier molecular flexibility index (Phi) is 9.25. The molecule has 0 spiro atoms. The third kappa shape index (κ3) is 7.83. The van der Waals surface area contributed by atoms with Crippen LogP contribution < -0.4 is 5.19 Å². The normalized spacial score (nSPS) is 13.5. The second-order valence-electron chi connectivity index (χ2n) is 15.4. The van der Waals surface area contributed by atoms with Crippen LogP contribution in [-0.2, 0) is 26.5 Å². The first-order valence-corrected chi connectivity index (χ1v) is 21.0. The van der Waals surface area contributed by atoms with E-state index < -0.39 is 25.8 Å². The van der Waals surface area contributed by atoms with E-state index >= 15 is 0 Å². The summed E-state index contributed by atoms with van der Waals surface area (Å²) in [5.74, 6) is -0.609. The van der Waals surface area contributed by atoms with Crippen LogP contribution in [0.4, 0.5) is 0 Å². The third-order valence-corrected chi connectivity index (χ3v) is 11.0. The topological polar surface area (TPSA) is 38.9 Å². The van der Waals surface area contributed by atoms with E-state index in [0.29, 0.717) is 22.4 Å². The van der Waals surface area contributed by atoms with Crippen molar-refractivity contribution in [2.75, 3.05) is 0 Å². The van der Waals surface area contributed by atoms with Gasteiger partial charge in [0, 0.05) is 42.0 Å². The van der Waals surface area contributed by atoms with Gasteiger partial charge in [-0.25, -0.2) is 0 Å². The summed E-state index contributed by atoms with van der Waals surface area (Å²) in [6.45, 7) is 16.4. The first-order valence-electron chi connectivity index (χ1n) is 19.5. The summed E-state index contributed by atoms with van der Waals surface area (Å²) < 4.78 is 40.5. The molecule has 1 radical (unpaired) electrons. The second kappa shape index (κ2) is 14.9. The van der Waals surface area contributed by atoms with Crippen LogP contribution in [0.5, 0.6) is 0 Å². The molecule has 0 aliphatic carbocycles. The molecule has 0 aliphatic rings. The Balaban J connectivity index is 0.000000217. The molecule has 0 fully saturated rings. The average molecular weight is 879 g/mol. The van der Waals surface area contributed by atoms with E-state index in [4.69, 9.17) is 9.90 Å². The standard InChI is InChI=1S/C30H24NO.C17H22NSi.Ir/c1-30(2,3)18-19-13-14-31-27(15-19)24-10-6-9-23-26-16-21-12-11-20-7-4-5-8-22(20)25(21)17-28(26)32-29(23)24;1-13(2)15-11-16(14-9-7-6-8-10-14)18-12-17(15)19(3,4)5;/h4-9,11-17H,18H2,1-3H3;6-9,11-13H,1-5H3;/q2*-1;/i14D,18D2;13D;. The fourth-order valence-electron chi connectivity index (χ4n) is 6.62. The van der Waals surface area contributed by atoms with Gasteiger partial charge in [-0.3, -0.25) is 0 Å². The van der Waals surface area contributed by atoms with Gasteiger partial charge in [0.05, 0.1) is 15.0 Å². The van der Waals surface area contributed by atoms with Crippen molar-refractivity contribution < 1.29 is 30.0 Å². The number of hydrogen-bond donors (Lipinski definition) is 0. The molecule has 52 heavy (non-hydrogen) atoms. The van der Waals surface area contributed by atoms with Crippen LogP contribution in [0.15, 0.2) is 120 Å². The molecule has 8 rings (SSSR count). The van der Waals surface area contributed by atoms with Crippen molar-refractivity contribution in [3.05, 3.63) is 139 Å². The van der Waals surface area contributed by atoms with E-state index in [0.717, 1.165) is 43.9 Å². The number of hydrogen-bond acceptors (Lipinski definition) is 3. The second-order valence-corrected chi connectivity index (χ2v) is 20.5. The van der Waals surface area contributed by atoms with Crippen LogP contribution in [0.3, 0.4) is 0 Å². The number of aromatic nitrogens is 2. The molecule has 3 nitrogen and oxygen atoms in total. The molecule has 265 valence electrons. The van der Waals surface area contributed by atoms with E-state index in [9.17, 15) is 0 Å². The van der Waals surface area contributed by atoms with Gasteiger partial charge in [-0.15, -0.1) is 54.1 Å². The summed E-state index contributed by atoms with van der Waals surface area (Å²) in [7, 11) is -1.50. The van der Waals surface area contributed by atoms with Crippen molar-refractivity contribution in [2.24, 2.45) is 5.41 Å². The number of benzene rings is 5. The van der Waals surface area contributed by atoms with Gasteiger partial charge >= 0.3 is 0 Å². The Morgan fingerprint density at radius 3 is 2.29 bits per heavy atom. The molecule has 5 aromatic carbocycles. The fourth-order valence-corrected chi connectivity index (χ4v) is 8.21. The van der Waals surface area contributed by atoms with Gasteiger partial charge in [0.1, 0.15) is 5.58 Å². The minimum absolute atomic E-state index is 0. The van der Waals surface area contributed by atoms with Crippen LogP contribution in [0, 0.1) is 17.5 Å². The van der Waals surface area contributed by atoms with Crippen LogP contribution in [-0.4, -0.2) is 18.0 Å². The summed E-state index contributed by atoms with van der Waals surface area (Å²) in [5, 5.41) is 7.86. The molecular weight excluding hydrogens is 829 g/mol. The van der Waals surface area contributed by atoms with E-state index in [1.165, 1.54) is 22.0 Å². The third-order valence-electron chi connectivity index (χ3n) is 9.01. The predicted octanol–water partition coefficient (Wildman–Crippen LogP) is 12.6. The predicted molar refractivity (Wildman–Crippen MR) is 220 cm³/mol. The average Bonchev–Trinajstić information content (AvgIpc) is 3.50. The molecule has 8 aromatic rings. The quantitative estimate of drug-likeness (QED) is 0.0982. The zero-order chi connectivity index (χ0) is 39.5. The van der Waals surface area contributed by atoms with E-state index in [1.807, 2.05) is 89.3 Å².